The molecule has 77 heavy (non-hydrogen) atoms. The molecule has 1 saturated carbocycles. The molecule has 6 aromatic rings. The third-order valence-corrected chi connectivity index (χ3v) is 14.1. The van der Waals surface area contributed by atoms with E-state index in [4.69, 9.17) is 171 Å². The maximum Gasteiger partial charge on any atom is 0.314 e. The number of carbonyl (C=O) groups is 3. The number of benzene rings is 3. The van der Waals surface area contributed by atoms with Gasteiger partial charge in [-0.05, 0) is 99.4 Å². The van der Waals surface area contributed by atoms with Crippen LogP contribution in [-0.2, 0) is 31.2 Å². The molecule has 0 amide bonds. The number of aromatic nitrogens is 3. The van der Waals surface area contributed by atoms with Gasteiger partial charge in [0.25, 0.3) is 0 Å². The molecular weight excluding hydrogens is 937 g/mol. The van der Waals surface area contributed by atoms with Gasteiger partial charge in [-0.1, -0.05) is 60.2 Å². The number of hydrogen-bond donors (Lipinski definition) is 3. The number of esters is 3. The summed E-state index contributed by atoms with van der Waals surface area (Å²) >= 11 is 0. The van der Waals surface area contributed by atoms with E-state index >= 15 is 0 Å². The second-order valence-electron chi connectivity index (χ2n) is 20.4. The Kier molecular flexibility index (Phi) is 16.8. The smallest absolute Gasteiger partial charge is 0.314 e. The average Bonchev–Trinajstić information content (AvgIpc) is 4.07. The number of ether oxygens (including phenoxy) is 3. The fourth-order valence-corrected chi connectivity index (χ4v) is 10.0. The third kappa shape index (κ3) is 11.9. The molecule has 340 valence electrons. The Balaban J connectivity index is 1.25. The van der Waals surface area contributed by atoms with Gasteiger partial charge in [-0.15, -0.1) is 0 Å². The van der Waals surface area contributed by atoms with Crippen LogP contribution in [0.3, 0.4) is 0 Å². The van der Waals surface area contributed by atoms with Crippen molar-refractivity contribution in [2.75, 3.05) is 20.6 Å². The molecule has 1 fully saturated rings. The van der Waals surface area contributed by atoms with Gasteiger partial charge in [-0.3, -0.25) is 14.4 Å². The van der Waals surface area contributed by atoms with E-state index in [0.29, 0.717) is 32.4 Å². The van der Waals surface area contributed by atoms with E-state index in [0.717, 1.165) is 4.90 Å². The number of aromatic amines is 3. The van der Waals surface area contributed by atoms with Crippen LogP contribution in [0.1, 0.15) is 36.0 Å². The molecule has 3 heterocycles. The van der Waals surface area contributed by atoms with Gasteiger partial charge in [-0.2, -0.15) is 0 Å². The molecule has 7 rings (SSSR count). The normalized spacial score (nSPS) is 17.5. The number of H-pyrrole nitrogens is 3. The summed E-state index contributed by atoms with van der Waals surface area (Å²) < 4.78 is 18.4. The van der Waals surface area contributed by atoms with E-state index in [-0.39, 0.29) is 71.4 Å². The zero-order valence-electron chi connectivity index (χ0n) is 42.5. The quantitative estimate of drug-likeness (QED) is 0.0429. The first-order chi connectivity index (χ1) is 35.3. The number of hydrogen-bond acceptors (Lipinski definition) is 9. The molecule has 3 aromatic heterocycles. The standard InChI is InChI=1S/C45H34B20N6O6/c1-69(2)40(50,51)38(46,47)24-18-67-27-7-4-10-30(33(24)27)76-36(73)22-14-21(35(72)75-29-9-3-6-26-32(29)20(17-66-26)12-13-70(42(54,55)56)43(57,58)59)15-23(16-22)37(74)77-31-11-5-8-28-34(31)25(19-68-28)39(48,49)41(52,53)71(44(60,61)62)45(63,64)65/h3-11,17-19,21-23,66-68H,12-16H2,1-2H3. The van der Waals surface area contributed by atoms with Crippen LogP contribution in [0.15, 0.2) is 73.2 Å². The van der Waals surface area contributed by atoms with E-state index in [1.165, 1.54) is 29.4 Å². The van der Waals surface area contributed by atoms with Crippen molar-refractivity contribution < 1.29 is 28.6 Å². The molecule has 32 heteroatoms. The van der Waals surface area contributed by atoms with E-state index in [9.17, 15) is 14.4 Å². The molecule has 0 saturated heterocycles. The lowest BCUT2D eigenvalue weighted by molar-refractivity contribution is -0.150. The van der Waals surface area contributed by atoms with Crippen LogP contribution in [0.25, 0.3) is 32.7 Å². The summed E-state index contributed by atoms with van der Waals surface area (Å²) in [4.78, 5) is 56.2. The maximum atomic E-state index is 14.7. The summed E-state index contributed by atoms with van der Waals surface area (Å²) in [6.45, 7) is -0.0399. The summed E-state index contributed by atoms with van der Waals surface area (Å²) in [7, 11) is 127. The van der Waals surface area contributed by atoms with Crippen molar-refractivity contribution in [2.45, 2.75) is 67.7 Å². The highest BCUT2D eigenvalue weighted by Crippen LogP contribution is 2.44. The largest absolute Gasteiger partial charge is 0.426 e. The van der Waals surface area contributed by atoms with Crippen molar-refractivity contribution in [1.29, 1.82) is 0 Å². The highest BCUT2D eigenvalue weighted by atomic mass is 16.5. The molecule has 0 bridgehead atoms. The van der Waals surface area contributed by atoms with Crippen molar-refractivity contribution >= 4 is 208 Å². The third-order valence-electron chi connectivity index (χ3n) is 14.1. The number of rotatable bonds is 19. The number of nitrogens with zero attached hydrogens (tertiary/aromatic N) is 3. The Bertz CT molecular complexity index is 3150. The SMILES string of the molecule is [B]C([B])([B])N(CCc1c[nH]c2cccc(OC(=O)C3CC(C(=O)Oc4cccc5[nH]cc(C([B])([B])C([B])([B])N(C)C)c45)CC(C(=O)Oc4cccc5[nH]cc(C([B])([B])C([B])([B])N(C([B])([B])[B])C([B])([B])[B])c45)C3)c12)C([B])([B])[B]. The minimum Gasteiger partial charge on any atom is -0.426 e. The predicted octanol–water partition coefficient (Wildman–Crippen LogP) is -3.58. The molecule has 1 aliphatic rings. The molecule has 3 unspecified atom stereocenters. The molecule has 3 aromatic carbocycles. The Hall–Kier alpha value is -4.13. The zero-order chi connectivity index (χ0) is 57.4. The molecule has 40 radical (unpaired) electrons. The van der Waals surface area contributed by atoms with Crippen LogP contribution < -0.4 is 14.2 Å². The van der Waals surface area contributed by atoms with E-state index < -0.39 is 77.7 Å². The topological polar surface area (TPSA) is 136 Å². The molecule has 1 aliphatic carbocycles. The van der Waals surface area contributed by atoms with Gasteiger partial charge >= 0.3 is 17.9 Å². The first-order valence-electron chi connectivity index (χ1n) is 23.8. The van der Waals surface area contributed by atoms with Crippen LogP contribution in [0.2, 0.25) is 0 Å². The van der Waals surface area contributed by atoms with Crippen molar-refractivity contribution in [2.24, 2.45) is 17.8 Å². The summed E-state index contributed by atoms with van der Waals surface area (Å²) in [5.41, 5.74) is 2.08. The summed E-state index contributed by atoms with van der Waals surface area (Å²) in [6, 6.07) is 14.4. The first-order valence-corrected chi connectivity index (χ1v) is 23.8. The molecule has 0 spiro atoms. The second kappa shape index (κ2) is 21.4. The number of nitrogens with one attached hydrogen (secondary N) is 3. The molecule has 0 aliphatic heterocycles. The minimum absolute atomic E-state index is 0.0143. The minimum atomic E-state index is -2.64. The van der Waals surface area contributed by atoms with Crippen LogP contribution >= 0.6 is 0 Å². The van der Waals surface area contributed by atoms with E-state index in [1.807, 2.05) is 0 Å². The van der Waals surface area contributed by atoms with Crippen molar-refractivity contribution in [1.82, 2.24) is 29.7 Å². The van der Waals surface area contributed by atoms with Gasteiger partial charge < -0.3 is 43.9 Å². The number of likely N-dealkylation sites (N-methyl/N-ethyl adjacent to an activating group) is 1. The lowest BCUT2D eigenvalue weighted by atomic mass is 9.27. The summed E-state index contributed by atoms with van der Waals surface area (Å²) in [6.07, 6.45) is 4.13. The van der Waals surface area contributed by atoms with Gasteiger partial charge in [0.1, 0.15) is 17.2 Å². The zero-order valence-corrected chi connectivity index (χ0v) is 42.5. The predicted molar refractivity (Wildman–Crippen MR) is 317 cm³/mol. The van der Waals surface area contributed by atoms with Gasteiger partial charge in [0.05, 0.1) is 175 Å². The van der Waals surface area contributed by atoms with Crippen LogP contribution in [-0.4, -0.2) is 257 Å². The van der Waals surface area contributed by atoms with E-state index in [1.54, 1.807) is 62.8 Å². The van der Waals surface area contributed by atoms with Crippen LogP contribution in [0.5, 0.6) is 17.2 Å². The summed E-state index contributed by atoms with van der Waals surface area (Å²) in [5, 5.41) is -17.0. The fourth-order valence-electron chi connectivity index (χ4n) is 10.0. The lowest BCUT2D eigenvalue weighted by Crippen LogP contribution is -2.78. The molecular formula is C45H34B20N6O6. The Morgan fingerprint density at radius 2 is 0.818 bits per heavy atom. The van der Waals surface area contributed by atoms with Gasteiger partial charge in [0, 0.05) is 51.3 Å². The number of fused-ring (bicyclic) bond motifs is 3. The van der Waals surface area contributed by atoms with Crippen molar-refractivity contribution in [3.05, 3.63) is 89.9 Å². The highest BCUT2D eigenvalue weighted by molar-refractivity contribution is 6.66. The van der Waals surface area contributed by atoms with Crippen LogP contribution in [0.4, 0.5) is 0 Å². The van der Waals surface area contributed by atoms with Crippen molar-refractivity contribution in [3.63, 3.8) is 0 Å². The fraction of sp³-hybridized carbons (Fsp3) is 0.400. The maximum absolute atomic E-state index is 14.7. The summed E-state index contributed by atoms with van der Waals surface area (Å²) in [5.74, 6) is -6.03. The molecule has 12 nitrogen and oxygen atoms in total. The Morgan fingerprint density at radius 3 is 1.17 bits per heavy atom. The highest BCUT2D eigenvalue weighted by Gasteiger charge is 2.49. The Morgan fingerprint density at radius 1 is 0.481 bits per heavy atom. The molecule has 3 N–H and O–H groups in total. The van der Waals surface area contributed by atoms with Gasteiger partial charge in [-0.25, -0.2) is 0 Å². The molecule has 3 atom stereocenters. The lowest BCUT2D eigenvalue weighted by Gasteiger charge is -2.64. The van der Waals surface area contributed by atoms with Gasteiger partial charge in [0.2, 0.25) is 0 Å². The van der Waals surface area contributed by atoms with E-state index in [2.05, 4.69) is 15.0 Å². The Labute approximate surface area is 476 Å². The van der Waals surface area contributed by atoms with Gasteiger partial charge in [0.15, 0.2) is 0 Å². The second-order valence-corrected chi connectivity index (χ2v) is 20.4. The first kappa shape index (κ1) is 60.5. The number of carbonyl (C=O) groups excluding carboxylic acids is 3. The van der Waals surface area contributed by atoms with Crippen LogP contribution in [0, 0.1) is 17.8 Å². The monoisotopic (exact) mass is 974 g/mol. The van der Waals surface area contributed by atoms with Crippen molar-refractivity contribution in [3.8, 4) is 17.2 Å². The average molecular weight is 971 g/mol.